The van der Waals surface area contributed by atoms with Gasteiger partial charge in [0.25, 0.3) is 0 Å². The molecule has 0 atom stereocenters. The summed E-state index contributed by atoms with van der Waals surface area (Å²) in [4.78, 5) is 17.2. The molecule has 24 heavy (non-hydrogen) atoms. The van der Waals surface area contributed by atoms with E-state index in [-0.39, 0.29) is 0 Å². The van der Waals surface area contributed by atoms with Gasteiger partial charge in [-0.1, -0.05) is 6.07 Å². The summed E-state index contributed by atoms with van der Waals surface area (Å²) in [6.45, 7) is 2.17. The van der Waals surface area contributed by atoms with Gasteiger partial charge >= 0.3 is 0 Å². The Kier molecular flexibility index (Phi) is 7.96. The molecule has 0 unspecified atom stereocenters. The molecule has 0 saturated heterocycles. The zero-order valence-electron chi connectivity index (χ0n) is 13.9. The minimum atomic E-state index is 0.305. The smallest absolute Gasteiger partial charge is 0.232 e. The van der Waals surface area contributed by atoms with E-state index in [0.717, 1.165) is 22.7 Å². The molecule has 5 N–H and O–H groups in total. The predicted octanol–water partition coefficient (Wildman–Crippen LogP) is 0.289. The van der Waals surface area contributed by atoms with E-state index < -0.39 is 0 Å². The molecule has 2 aromatic rings. The van der Waals surface area contributed by atoms with Crippen LogP contribution in [0.15, 0.2) is 30.6 Å². The van der Waals surface area contributed by atoms with Crippen molar-refractivity contribution in [3.63, 3.8) is 0 Å². The number of hydrogen-bond donors (Lipinski definition) is 3. The molecule has 0 aliphatic heterocycles. The van der Waals surface area contributed by atoms with E-state index in [9.17, 15) is 0 Å². The van der Waals surface area contributed by atoms with Crippen LogP contribution in [0.1, 0.15) is 11.3 Å². The number of hydrazine groups is 2. The van der Waals surface area contributed by atoms with Crippen molar-refractivity contribution >= 4 is 12.1 Å². The second kappa shape index (κ2) is 9.98. The second-order valence-corrected chi connectivity index (χ2v) is 4.64. The zero-order chi connectivity index (χ0) is 17.9. The number of carbonyl (C=O) groups excluding carboxylic acids is 1. The summed E-state index contributed by atoms with van der Waals surface area (Å²) in [5.74, 6) is 11.4. The van der Waals surface area contributed by atoms with E-state index in [4.69, 9.17) is 20.1 Å². The lowest BCUT2D eigenvalue weighted by Gasteiger charge is -2.19. The van der Waals surface area contributed by atoms with Crippen molar-refractivity contribution in [2.75, 3.05) is 19.2 Å². The Morgan fingerprint density at radius 2 is 2.08 bits per heavy atom. The number of anilines is 1. The molecule has 9 heteroatoms. The molecule has 9 nitrogen and oxygen atoms in total. The number of methoxy groups -OCH3 is 1. The molecule has 0 fully saturated rings. The molecule has 0 saturated carbocycles. The number of nitrogens with one attached hydrogen (secondary N) is 1. The molecule has 0 radical (unpaired) electrons. The molecule has 130 valence electrons. The minimum absolute atomic E-state index is 0.305. The van der Waals surface area contributed by atoms with Gasteiger partial charge < -0.3 is 14.5 Å². The third kappa shape index (κ3) is 5.71. The van der Waals surface area contributed by atoms with Crippen LogP contribution >= 0.6 is 0 Å². The highest BCUT2D eigenvalue weighted by molar-refractivity contribution is 5.58. The molecule has 1 aromatic carbocycles. The first-order chi connectivity index (χ1) is 11.5. The molecule has 0 aliphatic carbocycles. The van der Waals surface area contributed by atoms with E-state index in [2.05, 4.69) is 15.8 Å². The molecule has 1 heterocycles. The first-order valence-electron chi connectivity index (χ1n) is 6.99. The van der Waals surface area contributed by atoms with Gasteiger partial charge in [0, 0.05) is 13.2 Å². The SMILES string of the molecule is COc1cccc(N(C)N)c1COc1cncc(C)n1.NNC=O. The van der Waals surface area contributed by atoms with Crippen LogP contribution in [-0.2, 0) is 11.4 Å². The van der Waals surface area contributed by atoms with Crippen LogP contribution in [0, 0.1) is 6.92 Å². The summed E-state index contributed by atoms with van der Waals surface area (Å²) in [6, 6.07) is 5.66. The number of ether oxygens (including phenoxy) is 2. The lowest BCUT2D eigenvalue weighted by molar-refractivity contribution is -0.109. The fraction of sp³-hybridized carbons (Fsp3) is 0.267. The fourth-order valence-electron chi connectivity index (χ4n) is 1.88. The molecular formula is C15H22N6O3. The van der Waals surface area contributed by atoms with Crippen molar-refractivity contribution in [2.45, 2.75) is 13.5 Å². The second-order valence-electron chi connectivity index (χ2n) is 4.64. The van der Waals surface area contributed by atoms with Crippen LogP contribution < -0.4 is 31.6 Å². The van der Waals surface area contributed by atoms with Crippen LogP contribution in [0.3, 0.4) is 0 Å². The van der Waals surface area contributed by atoms with E-state index in [1.54, 1.807) is 32.0 Å². The van der Waals surface area contributed by atoms with Crippen molar-refractivity contribution in [1.82, 2.24) is 15.4 Å². The maximum Gasteiger partial charge on any atom is 0.232 e. The van der Waals surface area contributed by atoms with E-state index in [1.165, 1.54) is 5.01 Å². The number of aryl methyl sites for hydroxylation is 1. The third-order valence-electron chi connectivity index (χ3n) is 2.87. The highest BCUT2D eigenvalue weighted by atomic mass is 16.5. The van der Waals surface area contributed by atoms with E-state index >= 15 is 0 Å². The maximum absolute atomic E-state index is 8.94. The molecular weight excluding hydrogens is 312 g/mol. The van der Waals surface area contributed by atoms with E-state index in [1.807, 2.05) is 25.1 Å². The number of nitrogens with zero attached hydrogens (tertiary/aromatic N) is 3. The first-order valence-corrected chi connectivity index (χ1v) is 6.99. The lowest BCUT2D eigenvalue weighted by atomic mass is 10.1. The number of amides is 1. The molecule has 0 bridgehead atoms. The minimum Gasteiger partial charge on any atom is -0.496 e. The molecule has 0 spiro atoms. The Hall–Kier alpha value is -2.91. The van der Waals surface area contributed by atoms with Crippen LogP contribution in [0.5, 0.6) is 11.6 Å². The Morgan fingerprint density at radius 1 is 1.38 bits per heavy atom. The summed E-state index contributed by atoms with van der Waals surface area (Å²) in [5.41, 5.74) is 4.26. The van der Waals surface area contributed by atoms with Crippen molar-refractivity contribution in [1.29, 1.82) is 0 Å². The number of aromatic nitrogens is 2. The van der Waals surface area contributed by atoms with Crippen LogP contribution in [-0.4, -0.2) is 30.5 Å². The first kappa shape index (κ1) is 19.1. The normalized spacial score (nSPS) is 9.38. The fourth-order valence-corrected chi connectivity index (χ4v) is 1.88. The van der Waals surface area contributed by atoms with Gasteiger partial charge in [-0.3, -0.25) is 15.2 Å². The standard InChI is InChI=1S/C14H18N4O2.CH4N2O/c1-10-7-16-8-14(17-10)20-9-11-12(18(2)15)5-4-6-13(11)19-3;2-3-1-4/h4-8H,9,15H2,1-3H3;1H,2H2,(H,3,4). The summed E-state index contributed by atoms with van der Waals surface area (Å²) < 4.78 is 11.0. The number of nitrogens with two attached hydrogens (primary N) is 2. The third-order valence-corrected chi connectivity index (χ3v) is 2.87. The largest absolute Gasteiger partial charge is 0.496 e. The average Bonchev–Trinajstić information content (AvgIpc) is 2.59. The molecule has 1 aromatic heterocycles. The Balaban J connectivity index is 0.000000648. The predicted molar refractivity (Wildman–Crippen MR) is 90.1 cm³/mol. The summed E-state index contributed by atoms with van der Waals surface area (Å²) in [6.07, 6.45) is 3.66. The summed E-state index contributed by atoms with van der Waals surface area (Å²) in [5, 5.41) is 1.53. The van der Waals surface area contributed by atoms with Gasteiger partial charge in [-0.15, -0.1) is 0 Å². The zero-order valence-corrected chi connectivity index (χ0v) is 13.9. The number of benzene rings is 1. The number of carbonyl (C=O) groups is 1. The van der Waals surface area contributed by atoms with Gasteiger partial charge in [-0.2, -0.15) is 0 Å². The highest BCUT2D eigenvalue weighted by Crippen LogP contribution is 2.28. The Bertz CT molecular complexity index is 651. The molecule has 0 aliphatic rings. The molecule has 1 amide bonds. The highest BCUT2D eigenvalue weighted by Gasteiger charge is 2.12. The van der Waals surface area contributed by atoms with Gasteiger partial charge in [0.2, 0.25) is 12.3 Å². The number of hydrogen-bond acceptors (Lipinski definition) is 8. The van der Waals surface area contributed by atoms with Crippen molar-refractivity contribution < 1.29 is 14.3 Å². The van der Waals surface area contributed by atoms with Crippen LogP contribution in [0.4, 0.5) is 5.69 Å². The Morgan fingerprint density at radius 3 is 2.62 bits per heavy atom. The lowest BCUT2D eigenvalue weighted by Crippen LogP contribution is -2.26. The van der Waals surface area contributed by atoms with Crippen molar-refractivity contribution in [2.24, 2.45) is 11.7 Å². The van der Waals surface area contributed by atoms with Gasteiger partial charge in [0.1, 0.15) is 12.4 Å². The average molecular weight is 334 g/mol. The van der Waals surface area contributed by atoms with Crippen molar-refractivity contribution in [3.05, 3.63) is 41.9 Å². The monoisotopic (exact) mass is 334 g/mol. The number of rotatable bonds is 6. The quantitative estimate of drug-likeness (QED) is 0.297. The van der Waals surface area contributed by atoms with Crippen LogP contribution in [0.25, 0.3) is 0 Å². The van der Waals surface area contributed by atoms with Gasteiger partial charge in [-0.25, -0.2) is 16.7 Å². The Labute approximate surface area is 140 Å². The molecule has 2 rings (SSSR count). The summed E-state index contributed by atoms with van der Waals surface area (Å²) >= 11 is 0. The van der Waals surface area contributed by atoms with Gasteiger partial charge in [0.05, 0.1) is 30.3 Å². The van der Waals surface area contributed by atoms with Gasteiger partial charge in [-0.05, 0) is 19.1 Å². The maximum atomic E-state index is 8.94. The van der Waals surface area contributed by atoms with E-state index in [0.29, 0.717) is 18.9 Å². The van der Waals surface area contributed by atoms with Gasteiger partial charge in [0.15, 0.2) is 0 Å². The summed E-state index contributed by atoms with van der Waals surface area (Å²) in [7, 11) is 3.39. The van der Waals surface area contributed by atoms with Crippen molar-refractivity contribution in [3.8, 4) is 11.6 Å². The topological polar surface area (TPSA) is 129 Å². The van der Waals surface area contributed by atoms with Crippen LogP contribution in [0.2, 0.25) is 0 Å².